The molecule has 0 spiro atoms. The van der Waals surface area contributed by atoms with E-state index in [-0.39, 0.29) is 5.92 Å². The molecule has 2 atom stereocenters. The lowest BCUT2D eigenvalue weighted by Gasteiger charge is -2.07. The molecule has 1 aliphatic carbocycles. The van der Waals surface area contributed by atoms with Gasteiger partial charge in [0.05, 0.1) is 6.07 Å². The number of rotatable bonds is 1. The average molecular weight is 137 g/mol. The Labute approximate surface area is 60.8 Å². The molecule has 0 aromatic carbocycles. The predicted octanol–water partition coefficient (Wildman–Crippen LogP) is 1.52. The van der Waals surface area contributed by atoms with Gasteiger partial charge in [0.2, 0.25) is 0 Å². The molecule has 0 N–H and O–H groups in total. The number of carbonyl (C=O) groups is 1. The molecular weight excluding hydrogens is 126 g/mol. The van der Waals surface area contributed by atoms with Crippen molar-refractivity contribution in [1.29, 1.82) is 5.26 Å². The monoisotopic (exact) mass is 137 g/mol. The number of hydrogen-bond acceptors (Lipinski definition) is 2. The van der Waals surface area contributed by atoms with Crippen molar-refractivity contribution < 1.29 is 4.79 Å². The van der Waals surface area contributed by atoms with Crippen molar-refractivity contribution >= 4 is 5.78 Å². The number of carbonyl (C=O) groups excluding carboxylic acids is 1. The molecule has 1 aliphatic rings. The predicted molar refractivity (Wildman–Crippen MR) is 37.1 cm³/mol. The Morgan fingerprint density at radius 2 is 2.50 bits per heavy atom. The highest BCUT2D eigenvalue weighted by Gasteiger charge is 2.30. The zero-order chi connectivity index (χ0) is 7.56. The normalized spacial score (nSPS) is 32.2. The standard InChI is InChI=1S/C8H11NO/c1-6-7(4-5-9)2-3-8(6)10/h6-7H,2-4H2,1H3. The van der Waals surface area contributed by atoms with Crippen molar-refractivity contribution in [3.05, 3.63) is 0 Å². The Hall–Kier alpha value is -0.840. The molecule has 10 heavy (non-hydrogen) atoms. The van der Waals surface area contributed by atoms with E-state index in [4.69, 9.17) is 5.26 Å². The largest absolute Gasteiger partial charge is 0.299 e. The summed E-state index contributed by atoms with van der Waals surface area (Å²) in [7, 11) is 0. The first-order valence-corrected chi connectivity index (χ1v) is 3.65. The van der Waals surface area contributed by atoms with Crippen LogP contribution >= 0.6 is 0 Å². The second-order valence-electron chi connectivity index (χ2n) is 2.92. The number of Topliss-reactive ketones (excluding diaryl/α,β-unsaturated/α-hetero) is 1. The average Bonchev–Trinajstić information content (AvgIpc) is 2.20. The summed E-state index contributed by atoms with van der Waals surface area (Å²) in [4.78, 5) is 10.9. The first-order valence-electron chi connectivity index (χ1n) is 3.65. The minimum Gasteiger partial charge on any atom is -0.299 e. The second kappa shape index (κ2) is 2.83. The van der Waals surface area contributed by atoms with Gasteiger partial charge in [0.15, 0.2) is 0 Å². The molecule has 0 bridgehead atoms. The summed E-state index contributed by atoms with van der Waals surface area (Å²) < 4.78 is 0. The summed E-state index contributed by atoms with van der Waals surface area (Å²) in [6.07, 6.45) is 2.16. The van der Waals surface area contributed by atoms with Gasteiger partial charge >= 0.3 is 0 Å². The van der Waals surface area contributed by atoms with Crippen LogP contribution in [0.4, 0.5) is 0 Å². The summed E-state index contributed by atoms with van der Waals surface area (Å²) in [6, 6.07) is 2.11. The van der Waals surface area contributed by atoms with Gasteiger partial charge in [-0.25, -0.2) is 0 Å². The SMILES string of the molecule is CC1C(=O)CCC1CC#N. The van der Waals surface area contributed by atoms with Gasteiger partial charge in [0.25, 0.3) is 0 Å². The van der Waals surface area contributed by atoms with E-state index >= 15 is 0 Å². The Bertz CT molecular complexity index is 180. The maximum absolute atomic E-state index is 10.9. The Kier molecular flexibility index (Phi) is 2.06. The van der Waals surface area contributed by atoms with E-state index in [1.165, 1.54) is 0 Å². The summed E-state index contributed by atoms with van der Waals surface area (Å²) in [5.41, 5.74) is 0. The van der Waals surface area contributed by atoms with E-state index in [1.807, 2.05) is 6.92 Å². The van der Waals surface area contributed by atoms with E-state index in [1.54, 1.807) is 0 Å². The molecule has 0 heterocycles. The van der Waals surface area contributed by atoms with Crippen LogP contribution in [0.2, 0.25) is 0 Å². The second-order valence-corrected chi connectivity index (χ2v) is 2.92. The van der Waals surface area contributed by atoms with Crippen molar-refractivity contribution in [2.24, 2.45) is 11.8 Å². The summed E-state index contributed by atoms with van der Waals surface area (Å²) in [5, 5.41) is 8.37. The molecule has 0 saturated heterocycles. The highest BCUT2D eigenvalue weighted by molar-refractivity contribution is 5.83. The number of hydrogen-bond donors (Lipinski definition) is 0. The van der Waals surface area contributed by atoms with Crippen LogP contribution in [0, 0.1) is 23.2 Å². The maximum atomic E-state index is 10.9. The fourth-order valence-electron chi connectivity index (χ4n) is 1.46. The van der Waals surface area contributed by atoms with Crippen LogP contribution < -0.4 is 0 Å². The molecule has 0 amide bonds. The summed E-state index contributed by atoms with van der Waals surface area (Å²) in [6.45, 7) is 1.93. The lowest BCUT2D eigenvalue weighted by Crippen LogP contribution is -2.09. The third-order valence-corrected chi connectivity index (χ3v) is 2.33. The first-order chi connectivity index (χ1) is 4.75. The Morgan fingerprint density at radius 1 is 1.80 bits per heavy atom. The summed E-state index contributed by atoms with van der Waals surface area (Å²) in [5.74, 6) is 0.817. The minimum absolute atomic E-state index is 0.139. The third-order valence-electron chi connectivity index (χ3n) is 2.33. The molecule has 0 aliphatic heterocycles. The van der Waals surface area contributed by atoms with Crippen molar-refractivity contribution in [1.82, 2.24) is 0 Å². The van der Waals surface area contributed by atoms with Gasteiger partial charge in [0, 0.05) is 18.8 Å². The van der Waals surface area contributed by atoms with E-state index in [0.717, 1.165) is 6.42 Å². The number of ketones is 1. The van der Waals surface area contributed by atoms with E-state index in [0.29, 0.717) is 24.5 Å². The minimum atomic E-state index is 0.139. The molecule has 0 aromatic rings. The van der Waals surface area contributed by atoms with Gasteiger partial charge in [-0.1, -0.05) is 6.92 Å². The van der Waals surface area contributed by atoms with Gasteiger partial charge in [-0.15, -0.1) is 0 Å². The van der Waals surface area contributed by atoms with Crippen LogP contribution in [0.1, 0.15) is 26.2 Å². The van der Waals surface area contributed by atoms with Crippen LogP contribution in [0.15, 0.2) is 0 Å². The number of nitriles is 1. The quantitative estimate of drug-likeness (QED) is 0.549. The maximum Gasteiger partial charge on any atom is 0.136 e. The zero-order valence-corrected chi connectivity index (χ0v) is 6.13. The van der Waals surface area contributed by atoms with Crippen LogP contribution in [0.3, 0.4) is 0 Å². The van der Waals surface area contributed by atoms with Crippen LogP contribution in [0.25, 0.3) is 0 Å². The molecule has 2 unspecified atom stereocenters. The van der Waals surface area contributed by atoms with Crippen molar-refractivity contribution in [2.45, 2.75) is 26.2 Å². The smallest absolute Gasteiger partial charge is 0.136 e. The molecule has 1 fully saturated rings. The van der Waals surface area contributed by atoms with Gasteiger partial charge in [0.1, 0.15) is 5.78 Å². The topological polar surface area (TPSA) is 40.9 Å². The molecule has 1 saturated carbocycles. The van der Waals surface area contributed by atoms with E-state index in [2.05, 4.69) is 6.07 Å². The lowest BCUT2D eigenvalue weighted by atomic mass is 9.95. The molecule has 2 nitrogen and oxygen atoms in total. The van der Waals surface area contributed by atoms with Gasteiger partial charge < -0.3 is 0 Å². The molecule has 0 aromatic heterocycles. The zero-order valence-electron chi connectivity index (χ0n) is 6.13. The van der Waals surface area contributed by atoms with Crippen LogP contribution in [0.5, 0.6) is 0 Å². The Morgan fingerprint density at radius 3 is 2.90 bits per heavy atom. The van der Waals surface area contributed by atoms with E-state index < -0.39 is 0 Å². The van der Waals surface area contributed by atoms with Crippen LogP contribution in [-0.2, 0) is 4.79 Å². The first kappa shape index (κ1) is 7.27. The molecule has 1 rings (SSSR count). The molecule has 54 valence electrons. The fourth-order valence-corrected chi connectivity index (χ4v) is 1.46. The number of nitrogens with zero attached hydrogens (tertiary/aromatic N) is 1. The Balaban J connectivity index is 2.50. The van der Waals surface area contributed by atoms with Gasteiger partial charge in [-0.05, 0) is 12.3 Å². The highest BCUT2D eigenvalue weighted by Crippen LogP contribution is 2.30. The van der Waals surface area contributed by atoms with Crippen molar-refractivity contribution in [3.8, 4) is 6.07 Å². The third kappa shape index (κ3) is 1.18. The lowest BCUT2D eigenvalue weighted by molar-refractivity contribution is -0.120. The van der Waals surface area contributed by atoms with E-state index in [9.17, 15) is 4.79 Å². The molecular formula is C8H11NO. The molecule has 0 radical (unpaired) electrons. The highest BCUT2D eigenvalue weighted by atomic mass is 16.1. The van der Waals surface area contributed by atoms with Gasteiger partial charge in [-0.3, -0.25) is 4.79 Å². The van der Waals surface area contributed by atoms with Crippen molar-refractivity contribution in [2.75, 3.05) is 0 Å². The van der Waals surface area contributed by atoms with Gasteiger partial charge in [-0.2, -0.15) is 5.26 Å². The van der Waals surface area contributed by atoms with Crippen molar-refractivity contribution in [3.63, 3.8) is 0 Å². The fraction of sp³-hybridized carbons (Fsp3) is 0.750. The van der Waals surface area contributed by atoms with Crippen LogP contribution in [-0.4, -0.2) is 5.78 Å². The molecule has 2 heteroatoms. The summed E-state index contributed by atoms with van der Waals surface area (Å²) >= 11 is 0.